The van der Waals surface area contributed by atoms with Crippen molar-refractivity contribution in [3.8, 4) is 5.75 Å². The molecule has 0 bridgehead atoms. The van der Waals surface area contributed by atoms with Crippen LogP contribution in [0.3, 0.4) is 0 Å². The number of phenolic OH excluding ortho intramolecular Hbond substituents is 1. The fraction of sp³-hybridized carbons (Fsp3) is 0.620. The van der Waals surface area contributed by atoms with Crippen LogP contribution in [-0.4, -0.2) is 157 Å². The lowest BCUT2D eigenvalue weighted by Crippen LogP contribution is -2.62. The molecule has 0 radical (unpaired) electrons. The number of imidazole rings is 1. The van der Waals surface area contributed by atoms with Gasteiger partial charge in [0.2, 0.25) is 53.2 Å². The number of phenols is 1. The highest BCUT2D eigenvalue weighted by Gasteiger charge is 2.36. The number of primary amides is 1. The Labute approximate surface area is 447 Å². The highest BCUT2D eigenvalue weighted by atomic mass is 32.2. The summed E-state index contributed by atoms with van der Waals surface area (Å²) in [6, 6.07) is -6.57. The van der Waals surface area contributed by atoms with Crippen molar-refractivity contribution in [3.05, 3.63) is 48.0 Å². The number of aliphatic carboxylic acids is 1. The summed E-state index contributed by atoms with van der Waals surface area (Å²) in [4.78, 5) is 141. The minimum Gasteiger partial charge on any atom is -0.508 e. The smallest absolute Gasteiger partial charge is 0.326 e. The molecular weight excluding hydrogens is 1010 g/mol. The Bertz CT molecular complexity index is 2250. The van der Waals surface area contributed by atoms with Crippen LogP contribution in [0.4, 0.5) is 0 Å². The van der Waals surface area contributed by atoms with E-state index in [1.807, 2.05) is 20.1 Å². The number of benzene rings is 1. The molecular formula is C50H80N12O13S. The van der Waals surface area contributed by atoms with E-state index < -0.39 is 132 Å². The van der Waals surface area contributed by atoms with Crippen molar-refractivity contribution in [1.29, 1.82) is 0 Å². The van der Waals surface area contributed by atoms with Crippen LogP contribution in [0.15, 0.2) is 36.8 Å². The van der Waals surface area contributed by atoms with E-state index in [2.05, 4.69) is 52.5 Å². The summed E-state index contributed by atoms with van der Waals surface area (Å²) in [5, 5.41) is 50.4. The van der Waals surface area contributed by atoms with Crippen molar-refractivity contribution in [3.63, 3.8) is 0 Å². The van der Waals surface area contributed by atoms with Gasteiger partial charge in [-0.25, -0.2) is 9.78 Å². The van der Waals surface area contributed by atoms with Gasteiger partial charge < -0.3 is 74.3 Å². The Balaban J connectivity index is 2.40. The predicted octanol–water partition coefficient (Wildman–Crippen LogP) is -1.39. The van der Waals surface area contributed by atoms with Crippen LogP contribution in [0.1, 0.15) is 98.8 Å². The first-order chi connectivity index (χ1) is 35.6. The zero-order chi connectivity index (χ0) is 57.4. The van der Waals surface area contributed by atoms with Gasteiger partial charge >= 0.3 is 5.97 Å². The minimum absolute atomic E-state index is 0.00626. The number of aliphatic hydroxyl groups excluding tert-OH is 1. The van der Waals surface area contributed by atoms with E-state index in [0.29, 0.717) is 23.4 Å². The van der Waals surface area contributed by atoms with Gasteiger partial charge in [0.25, 0.3) is 0 Å². The van der Waals surface area contributed by atoms with E-state index >= 15 is 0 Å². The number of hydrogen-bond donors (Lipinski definition) is 14. The third-order valence-electron chi connectivity index (χ3n) is 11.7. The molecule has 9 atom stereocenters. The second kappa shape index (κ2) is 32.6. The lowest BCUT2D eigenvalue weighted by atomic mass is 9.99. The first kappa shape index (κ1) is 65.3. The SMILES string of the molecule is CSCC[C@H](NC(=O)[C@@H](N)CC(C)C)C(=O)N[C@@H](Cc1ccc(O)cc1)C(=O)N[C@@H](CO)C(=O)N[C@@H](CC(C)C)C(=O)N[C@H](C(=O)N[C@@H](Cc1cnc[nH]1)C(=O)N[C@@H](CC(N)=O)C(=O)N[C@@H](CC(C)C)C(=O)O)C(C)C. The van der Waals surface area contributed by atoms with E-state index in [-0.39, 0.29) is 55.6 Å². The number of amides is 9. The number of aromatic amines is 1. The molecule has 1 aromatic carbocycles. The van der Waals surface area contributed by atoms with Crippen LogP contribution in [0, 0.1) is 23.7 Å². The Morgan fingerprint density at radius 3 is 1.57 bits per heavy atom. The summed E-state index contributed by atoms with van der Waals surface area (Å²) in [7, 11) is 0. The molecule has 26 heteroatoms. The molecule has 76 heavy (non-hydrogen) atoms. The van der Waals surface area contributed by atoms with E-state index in [1.54, 1.807) is 41.5 Å². The van der Waals surface area contributed by atoms with Gasteiger partial charge in [-0.15, -0.1) is 0 Å². The number of carbonyl (C=O) groups is 10. The normalized spacial score (nSPS) is 14.9. The summed E-state index contributed by atoms with van der Waals surface area (Å²) in [6.45, 7) is 13.0. The van der Waals surface area contributed by atoms with Crippen molar-refractivity contribution in [2.24, 2.45) is 35.1 Å². The maximum atomic E-state index is 14.2. The number of aliphatic hydroxyl groups is 1. The molecule has 16 N–H and O–H groups in total. The molecule has 1 heterocycles. The molecule has 0 aliphatic carbocycles. The first-order valence-electron chi connectivity index (χ1n) is 25.2. The molecule has 0 saturated carbocycles. The second-order valence-corrected chi connectivity index (χ2v) is 21.3. The number of aromatic nitrogens is 2. The molecule has 0 aliphatic heterocycles. The maximum absolute atomic E-state index is 14.2. The highest BCUT2D eigenvalue weighted by molar-refractivity contribution is 7.98. The summed E-state index contributed by atoms with van der Waals surface area (Å²) in [5.74, 6) is -9.88. The Hall–Kier alpha value is -6.80. The van der Waals surface area contributed by atoms with Crippen LogP contribution in [0.2, 0.25) is 0 Å². The molecule has 9 amide bonds. The van der Waals surface area contributed by atoms with E-state index in [0.717, 1.165) is 0 Å². The Morgan fingerprint density at radius 1 is 0.592 bits per heavy atom. The molecule has 25 nitrogen and oxygen atoms in total. The molecule has 2 aromatic rings. The molecule has 0 saturated heterocycles. The summed E-state index contributed by atoms with van der Waals surface area (Å²) in [6.07, 6.45) is 3.93. The monoisotopic (exact) mass is 1090 g/mol. The van der Waals surface area contributed by atoms with E-state index in [1.165, 1.54) is 48.6 Å². The standard InChI is InChI=1S/C50H80N12O13S/c1-25(2)16-32(51)42(66)55-33(14-15-76-9)43(67)57-35(19-29-10-12-31(64)13-11-29)44(68)61-39(23-63)48(72)56-34(17-26(3)4)47(71)62-41(28(7)8)49(73)59-36(20-30-22-53-24-54-30)45(69)58-37(21-40(52)65)46(70)60-38(50(74)75)18-27(5)6/h10-13,22,24-28,32-39,41,63-64H,14-21,23,51H2,1-9H3,(H2,52,65)(H,53,54)(H,55,66)(H,56,72)(H,57,67)(H,58,69)(H,59,73)(H,60,70)(H,61,68)(H,62,71)(H,74,75)/t32-,33-,34-,35-,36-,37-,38-,39-,41-/m0/s1. The number of carboxylic acids is 1. The molecule has 1 aromatic heterocycles. The quantitative estimate of drug-likeness (QED) is 0.0384. The molecule has 0 unspecified atom stereocenters. The molecule has 0 aliphatic rings. The average Bonchev–Trinajstić information content (AvgIpc) is 3.85. The van der Waals surface area contributed by atoms with Crippen LogP contribution in [0.25, 0.3) is 0 Å². The molecule has 0 spiro atoms. The topological polar surface area (TPSA) is 408 Å². The first-order valence-corrected chi connectivity index (χ1v) is 26.6. The molecule has 0 fully saturated rings. The van der Waals surface area contributed by atoms with Gasteiger partial charge in [-0.05, 0) is 79.1 Å². The molecule has 424 valence electrons. The highest BCUT2D eigenvalue weighted by Crippen LogP contribution is 2.15. The number of aromatic hydroxyl groups is 1. The Kier molecular flexibility index (Phi) is 28.0. The van der Waals surface area contributed by atoms with E-state index in [9.17, 15) is 63.3 Å². The predicted molar refractivity (Wildman–Crippen MR) is 282 cm³/mol. The zero-order valence-electron chi connectivity index (χ0n) is 44.8. The van der Waals surface area contributed by atoms with Crippen molar-refractivity contribution in [2.75, 3.05) is 18.6 Å². The second-order valence-electron chi connectivity index (χ2n) is 20.3. The van der Waals surface area contributed by atoms with Gasteiger partial charge in [-0.1, -0.05) is 67.5 Å². The summed E-state index contributed by atoms with van der Waals surface area (Å²) < 4.78 is 0. The van der Waals surface area contributed by atoms with Crippen molar-refractivity contribution in [2.45, 2.75) is 155 Å². The number of hydrogen-bond acceptors (Lipinski definition) is 15. The van der Waals surface area contributed by atoms with Gasteiger partial charge in [0.05, 0.1) is 25.4 Å². The number of thioether (sulfide) groups is 1. The van der Waals surface area contributed by atoms with Crippen molar-refractivity contribution in [1.82, 2.24) is 52.5 Å². The number of nitrogens with one attached hydrogen (secondary N) is 9. The number of carbonyl (C=O) groups excluding carboxylic acids is 9. The van der Waals surface area contributed by atoms with Gasteiger partial charge in [0.1, 0.15) is 54.1 Å². The fourth-order valence-corrected chi connectivity index (χ4v) is 8.18. The third kappa shape index (κ3) is 23.4. The number of carboxylic acid groups (broad SMARTS) is 1. The third-order valence-corrected chi connectivity index (χ3v) is 12.3. The lowest BCUT2D eigenvalue weighted by molar-refractivity contribution is -0.143. The summed E-state index contributed by atoms with van der Waals surface area (Å²) in [5.41, 5.74) is 12.3. The van der Waals surface area contributed by atoms with E-state index in [4.69, 9.17) is 11.5 Å². The number of rotatable bonds is 34. The largest absolute Gasteiger partial charge is 0.508 e. The zero-order valence-corrected chi connectivity index (χ0v) is 45.6. The number of H-pyrrole nitrogens is 1. The van der Waals surface area contributed by atoms with Gasteiger partial charge in [-0.3, -0.25) is 43.2 Å². The van der Waals surface area contributed by atoms with Gasteiger partial charge in [-0.2, -0.15) is 11.8 Å². The number of nitrogens with two attached hydrogens (primary N) is 2. The van der Waals surface area contributed by atoms with Crippen LogP contribution in [0.5, 0.6) is 5.75 Å². The maximum Gasteiger partial charge on any atom is 0.326 e. The van der Waals surface area contributed by atoms with Crippen LogP contribution >= 0.6 is 11.8 Å². The van der Waals surface area contributed by atoms with Gasteiger partial charge in [0, 0.05) is 24.7 Å². The van der Waals surface area contributed by atoms with Crippen molar-refractivity contribution < 1.29 is 63.3 Å². The van der Waals surface area contributed by atoms with Crippen molar-refractivity contribution >= 4 is 70.9 Å². The minimum atomic E-state index is -1.69. The lowest BCUT2D eigenvalue weighted by Gasteiger charge is -2.29. The van der Waals surface area contributed by atoms with Crippen LogP contribution in [-0.2, 0) is 60.8 Å². The van der Waals surface area contributed by atoms with Crippen LogP contribution < -0.4 is 54.0 Å². The molecule has 2 rings (SSSR count). The average molecular weight is 1090 g/mol. The summed E-state index contributed by atoms with van der Waals surface area (Å²) >= 11 is 1.42. The van der Waals surface area contributed by atoms with Gasteiger partial charge in [0.15, 0.2) is 0 Å². The number of nitrogens with zero attached hydrogens (tertiary/aromatic N) is 1. The fourth-order valence-electron chi connectivity index (χ4n) is 7.71. The Morgan fingerprint density at radius 2 is 1.05 bits per heavy atom.